The minimum absolute atomic E-state index is 0.239. The third-order valence-corrected chi connectivity index (χ3v) is 4.88. The average molecular weight is 382 g/mol. The standard InChI is InChI=1S/C26H39NO/c27-26(28)24-19-17-15-13-11-9-7-5-3-1-2-4-6-8-10-12-14-16-18-21-25-22-20-23-25/h2-5,8-11,14-17,25H,1,6-7,12-13,18-24H2,(H2,27,28). The zero-order chi connectivity index (χ0) is 20.1. The third-order valence-electron chi connectivity index (χ3n) is 4.88. The number of hydrogen-bond donors (Lipinski definition) is 1. The number of rotatable bonds is 16. The Labute approximate surface area is 172 Å². The van der Waals surface area contributed by atoms with Crippen LogP contribution >= 0.6 is 0 Å². The summed E-state index contributed by atoms with van der Waals surface area (Å²) in [6.07, 6.45) is 39.6. The monoisotopic (exact) mass is 381 g/mol. The van der Waals surface area contributed by atoms with E-state index in [4.69, 9.17) is 5.73 Å². The molecule has 0 aromatic heterocycles. The Kier molecular flexibility index (Phi) is 15.6. The first-order chi connectivity index (χ1) is 13.8. The first kappa shape index (κ1) is 23.9. The van der Waals surface area contributed by atoms with Crippen molar-refractivity contribution in [3.8, 4) is 0 Å². The number of carbonyl (C=O) groups excluding carboxylic acids is 1. The van der Waals surface area contributed by atoms with Gasteiger partial charge in [-0.25, -0.2) is 0 Å². The first-order valence-corrected chi connectivity index (χ1v) is 11.0. The van der Waals surface area contributed by atoms with Crippen molar-refractivity contribution in [1.82, 2.24) is 0 Å². The molecule has 28 heavy (non-hydrogen) atoms. The molecular formula is C26H39NO. The van der Waals surface area contributed by atoms with Gasteiger partial charge in [0.05, 0.1) is 0 Å². The summed E-state index contributed by atoms with van der Waals surface area (Å²) in [5, 5.41) is 0. The maximum atomic E-state index is 10.6. The van der Waals surface area contributed by atoms with Crippen LogP contribution in [0.25, 0.3) is 0 Å². The number of allylic oxidation sites excluding steroid dienone is 12. The van der Waals surface area contributed by atoms with Gasteiger partial charge in [-0.1, -0.05) is 92.2 Å². The van der Waals surface area contributed by atoms with Gasteiger partial charge in [0, 0.05) is 6.42 Å². The highest BCUT2D eigenvalue weighted by Crippen LogP contribution is 2.30. The van der Waals surface area contributed by atoms with Crippen molar-refractivity contribution in [3.63, 3.8) is 0 Å². The SMILES string of the molecule is NC(=O)CCC=CCC=CCC=CCC=CCC=CCC=CCCC1CCC1. The van der Waals surface area contributed by atoms with Crippen LogP contribution in [0.1, 0.15) is 77.0 Å². The summed E-state index contributed by atoms with van der Waals surface area (Å²) in [6, 6.07) is 0. The Morgan fingerprint density at radius 2 is 1.04 bits per heavy atom. The second kappa shape index (κ2) is 18.3. The van der Waals surface area contributed by atoms with Gasteiger partial charge in [0.15, 0.2) is 0 Å². The molecular weight excluding hydrogens is 342 g/mol. The summed E-state index contributed by atoms with van der Waals surface area (Å²) < 4.78 is 0. The van der Waals surface area contributed by atoms with Crippen LogP contribution in [-0.4, -0.2) is 5.91 Å². The molecule has 154 valence electrons. The molecule has 0 atom stereocenters. The smallest absolute Gasteiger partial charge is 0.217 e. The fraction of sp³-hybridized carbons (Fsp3) is 0.500. The van der Waals surface area contributed by atoms with E-state index in [2.05, 4.69) is 66.8 Å². The highest BCUT2D eigenvalue weighted by molar-refractivity contribution is 5.73. The van der Waals surface area contributed by atoms with Crippen molar-refractivity contribution >= 4 is 5.91 Å². The zero-order valence-electron chi connectivity index (χ0n) is 17.5. The molecule has 1 rings (SSSR count). The van der Waals surface area contributed by atoms with E-state index in [0.717, 1.165) is 44.4 Å². The van der Waals surface area contributed by atoms with E-state index in [1.54, 1.807) is 0 Å². The second-order valence-electron chi connectivity index (χ2n) is 7.39. The van der Waals surface area contributed by atoms with E-state index in [1.165, 1.54) is 32.1 Å². The molecule has 0 spiro atoms. The van der Waals surface area contributed by atoms with Gasteiger partial charge in [-0.3, -0.25) is 4.79 Å². The molecule has 0 radical (unpaired) electrons. The lowest BCUT2D eigenvalue weighted by atomic mass is 9.82. The van der Waals surface area contributed by atoms with Crippen LogP contribution in [0.3, 0.4) is 0 Å². The lowest BCUT2D eigenvalue weighted by Gasteiger charge is -2.24. The predicted octanol–water partition coefficient (Wildman–Crippen LogP) is 7.12. The number of primary amides is 1. The summed E-state index contributed by atoms with van der Waals surface area (Å²) in [5.41, 5.74) is 5.08. The van der Waals surface area contributed by atoms with Crippen LogP contribution in [0.15, 0.2) is 72.9 Å². The first-order valence-electron chi connectivity index (χ1n) is 11.0. The van der Waals surface area contributed by atoms with E-state index in [9.17, 15) is 4.79 Å². The number of carbonyl (C=O) groups is 1. The Morgan fingerprint density at radius 1 is 0.643 bits per heavy atom. The van der Waals surface area contributed by atoms with Crippen LogP contribution < -0.4 is 5.73 Å². The third kappa shape index (κ3) is 16.1. The van der Waals surface area contributed by atoms with Crippen molar-refractivity contribution in [2.45, 2.75) is 77.0 Å². The van der Waals surface area contributed by atoms with Crippen molar-refractivity contribution in [2.75, 3.05) is 0 Å². The van der Waals surface area contributed by atoms with Crippen LogP contribution in [0.4, 0.5) is 0 Å². The van der Waals surface area contributed by atoms with E-state index < -0.39 is 0 Å². The lowest BCUT2D eigenvalue weighted by Crippen LogP contribution is -2.09. The van der Waals surface area contributed by atoms with Crippen molar-refractivity contribution < 1.29 is 4.79 Å². The van der Waals surface area contributed by atoms with Gasteiger partial charge in [-0.05, 0) is 57.3 Å². The summed E-state index contributed by atoms with van der Waals surface area (Å²) >= 11 is 0. The largest absolute Gasteiger partial charge is 0.370 e. The van der Waals surface area contributed by atoms with Gasteiger partial charge < -0.3 is 5.73 Å². The molecule has 1 amide bonds. The zero-order valence-corrected chi connectivity index (χ0v) is 17.5. The molecule has 1 aliphatic rings. The Balaban J connectivity index is 1.88. The van der Waals surface area contributed by atoms with E-state index >= 15 is 0 Å². The number of nitrogens with two attached hydrogens (primary N) is 1. The summed E-state index contributed by atoms with van der Waals surface area (Å²) in [5.74, 6) is 0.787. The number of hydrogen-bond acceptors (Lipinski definition) is 1. The molecule has 0 saturated heterocycles. The fourth-order valence-electron chi connectivity index (χ4n) is 2.93. The van der Waals surface area contributed by atoms with Crippen LogP contribution in [-0.2, 0) is 4.79 Å². The van der Waals surface area contributed by atoms with Crippen LogP contribution in [0.5, 0.6) is 0 Å². The van der Waals surface area contributed by atoms with Gasteiger partial charge in [0.25, 0.3) is 0 Å². The molecule has 1 saturated carbocycles. The van der Waals surface area contributed by atoms with E-state index in [0.29, 0.717) is 6.42 Å². The Bertz CT molecular complexity index is 559. The second-order valence-corrected chi connectivity index (χ2v) is 7.39. The van der Waals surface area contributed by atoms with E-state index in [1.807, 2.05) is 6.08 Å². The molecule has 2 nitrogen and oxygen atoms in total. The molecule has 0 unspecified atom stereocenters. The van der Waals surface area contributed by atoms with Gasteiger partial charge in [-0.2, -0.15) is 0 Å². The quantitative estimate of drug-likeness (QED) is 0.284. The molecule has 0 aromatic carbocycles. The molecule has 1 fully saturated rings. The van der Waals surface area contributed by atoms with Gasteiger partial charge in [-0.15, -0.1) is 0 Å². The molecule has 2 heteroatoms. The van der Waals surface area contributed by atoms with E-state index in [-0.39, 0.29) is 5.91 Å². The summed E-state index contributed by atoms with van der Waals surface area (Å²) in [7, 11) is 0. The Hall–Kier alpha value is -2.09. The van der Waals surface area contributed by atoms with Gasteiger partial charge >= 0.3 is 0 Å². The normalized spacial score (nSPS) is 16.0. The lowest BCUT2D eigenvalue weighted by molar-refractivity contribution is -0.117. The number of amides is 1. The average Bonchev–Trinajstić information content (AvgIpc) is 2.64. The van der Waals surface area contributed by atoms with Crippen LogP contribution in [0, 0.1) is 5.92 Å². The van der Waals surface area contributed by atoms with Crippen molar-refractivity contribution in [3.05, 3.63) is 72.9 Å². The molecule has 0 bridgehead atoms. The van der Waals surface area contributed by atoms with Crippen LogP contribution in [0.2, 0.25) is 0 Å². The molecule has 1 aliphatic carbocycles. The summed E-state index contributed by atoms with van der Waals surface area (Å²) in [6.45, 7) is 0. The minimum Gasteiger partial charge on any atom is -0.370 e. The maximum absolute atomic E-state index is 10.6. The fourth-order valence-corrected chi connectivity index (χ4v) is 2.93. The molecule has 2 N–H and O–H groups in total. The molecule has 0 heterocycles. The Morgan fingerprint density at radius 3 is 1.39 bits per heavy atom. The van der Waals surface area contributed by atoms with Gasteiger partial charge in [0.2, 0.25) is 5.91 Å². The van der Waals surface area contributed by atoms with Gasteiger partial charge in [0.1, 0.15) is 0 Å². The highest BCUT2D eigenvalue weighted by Gasteiger charge is 2.15. The predicted molar refractivity (Wildman–Crippen MR) is 123 cm³/mol. The molecule has 0 aliphatic heterocycles. The topological polar surface area (TPSA) is 43.1 Å². The minimum atomic E-state index is -0.239. The summed E-state index contributed by atoms with van der Waals surface area (Å²) in [4.78, 5) is 10.6. The van der Waals surface area contributed by atoms with Crippen molar-refractivity contribution in [2.24, 2.45) is 11.7 Å². The van der Waals surface area contributed by atoms with Crippen molar-refractivity contribution in [1.29, 1.82) is 0 Å². The molecule has 0 aromatic rings. The maximum Gasteiger partial charge on any atom is 0.217 e. The highest BCUT2D eigenvalue weighted by atomic mass is 16.1.